The molecule has 1 aliphatic rings. The van der Waals surface area contributed by atoms with Gasteiger partial charge in [0.05, 0.1) is 18.8 Å². The third kappa shape index (κ3) is 3.86. The summed E-state index contributed by atoms with van der Waals surface area (Å²) in [6.07, 6.45) is 2.32. The average molecular weight is 355 g/mol. The van der Waals surface area contributed by atoms with Crippen LogP contribution < -0.4 is 5.73 Å². The lowest BCUT2D eigenvalue weighted by Gasteiger charge is -2.45. The van der Waals surface area contributed by atoms with E-state index in [-0.39, 0.29) is 18.2 Å². The van der Waals surface area contributed by atoms with E-state index in [2.05, 4.69) is 65.9 Å². The van der Waals surface area contributed by atoms with Gasteiger partial charge in [0.1, 0.15) is 0 Å². The van der Waals surface area contributed by atoms with Gasteiger partial charge in [0.25, 0.3) is 0 Å². The highest BCUT2D eigenvalue weighted by Gasteiger charge is 2.35. The van der Waals surface area contributed by atoms with Gasteiger partial charge in [-0.25, -0.2) is 0 Å². The van der Waals surface area contributed by atoms with Crippen molar-refractivity contribution in [2.45, 2.75) is 57.8 Å². The molecule has 0 amide bonds. The van der Waals surface area contributed by atoms with Gasteiger partial charge in [-0.3, -0.25) is 4.90 Å². The summed E-state index contributed by atoms with van der Waals surface area (Å²) in [5, 5.41) is 0. The minimum absolute atomic E-state index is 0.128. The Hall–Kier alpha value is -0.420. The summed E-state index contributed by atoms with van der Waals surface area (Å²) in [5.41, 5.74) is 7.80. The van der Waals surface area contributed by atoms with Crippen LogP contribution in [0.1, 0.15) is 45.2 Å². The van der Waals surface area contributed by atoms with E-state index < -0.39 is 0 Å². The molecule has 0 saturated carbocycles. The Morgan fingerprint density at radius 3 is 2.71 bits per heavy atom. The maximum atomic E-state index is 6.51. The second kappa shape index (κ2) is 7.73. The summed E-state index contributed by atoms with van der Waals surface area (Å²) < 4.78 is 6.99. The van der Waals surface area contributed by atoms with Crippen LogP contribution in [0, 0.1) is 0 Å². The van der Waals surface area contributed by atoms with Gasteiger partial charge in [-0.15, -0.1) is 0 Å². The van der Waals surface area contributed by atoms with Gasteiger partial charge in [0, 0.05) is 23.1 Å². The highest BCUT2D eigenvalue weighted by molar-refractivity contribution is 9.10. The van der Waals surface area contributed by atoms with Crippen LogP contribution in [0.2, 0.25) is 0 Å². The normalized spacial score (nSPS) is 26.5. The molecule has 0 bridgehead atoms. The highest BCUT2D eigenvalue weighted by atomic mass is 79.9. The zero-order valence-electron chi connectivity index (χ0n) is 13.3. The predicted molar refractivity (Wildman–Crippen MR) is 91.3 cm³/mol. The lowest BCUT2D eigenvalue weighted by molar-refractivity contribution is -0.0772. The fraction of sp³-hybridized carbons (Fsp3) is 0.647. The van der Waals surface area contributed by atoms with E-state index in [4.69, 9.17) is 10.5 Å². The lowest BCUT2D eigenvalue weighted by Crippen LogP contribution is -2.54. The van der Waals surface area contributed by atoms with Gasteiger partial charge in [-0.05, 0) is 31.4 Å². The summed E-state index contributed by atoms with van der Waals surface area (Å²) >= 11 is 3.70. The molecule has 118 valence electrons. The van der Waals surface area contributed by atoms with E-state index in [0.29, 0.717) is 6.04 Å². The van der Waals surface area contributed by atoms with Crippen LogP contribution in [-0.4, -0.2) is 36.2 Å². The Morgan fingerprint density at radius 1 is 1.38 bits per heavy atom. The van der Waals surface area contributed by atoms with Crippen molar-refractivity contribution in [3.8, 4) is 0 Å². The highest BCUT2D eigenvalue weighted by Crippen LogP contribution is 2.34. The zero-order valence-corrected chi connectivity index (χ0v) is 14.8. The topological polar surface area (TPSA) is 38.5 Å². The van der Waals surface area contributed by atoms with Crippen LogP contribution >= 0.6 is 15.9 Å². The largest absolute Gasteiger partial charge is 0.376 e. The second-order valence-corrected chi connectivity index (χ2v) is 6.80. The van der Waals surface area contributed by atoms with Gasteiger partial charge in [0.2, 0.25) is 0 Å². The molecule has 1 aromatic carbocycles. The Kier molecular flexibility index (Phi) is 6.23. The average Bonchev–Trinajstić information content (AvgIpc) is 2.49. The minimum Gasteiger partial charge on any atom is -0.376 e. The third-order valence-electron chi connectivity index (χ3n) is 4.44. The van der Waals surface area contributed by atoms with Gasteiger partial charge >= 0.3 is 0 Å². The molecule has 1 fully saturated rings. The van der Waals surface area contributed by atoms with Crippen LogP contribution in [0.25, 0.3) is 0 Å². The maximum Gasteiger partial charge on any atom is 0.0675 e. The molecule has 4 unspecified atom stereocenters. The summed E-state index contributed by atoms with van der Waals surface area (Å²) in [6.45, 7) is 8.28. The fourth-order valence-electron chi connectivity index (χ4n) is 3.16. The molecular formula is C17H27BrN2O. The van der Waals surface area contributed by atoms with Crippen molar-refractivity contribution >= 4 is 15.9 Å². The van der Waals surface area contributed by atoms with Crippen LogP contribution in [0.3, 0.4) is 0 Å². The molecule has 4 heteroatoms. The molecule has 0 aromatic heterocycles. The Labute approximate surface area is 137 Å². The standard InChI is InChI=1S/C17H27BrN2O/c1-4-13-11-21-12(3)10-20(13)17(16(19)5-2)14-8-6-7-9-15(14)18/h6-9,12-13,16-17H,4-5,10-11,19H2,1-3H3. The van der Waals surface area contributed by atoms with Gasteiger partial charge in [-0.1, -0.05) is 48.0 Å². The molecule has 21 heavy (non-hydrogen) atoms. The number of halogens is 1. The molecule has 1 heterocycles. The van der Waals surface area contributed by atoms with Crippen LogP contribution in [0.5, 0.6) is 0 Å². The number of nitrogens with zero attached hydrogens (tertiary/aromatic N) is 1. The van der Waals surface area contributed by atoms with Gasteiger partial charge in [-0.2, -0.15) is 0 Å². The molecule has 2 N–H and O–H groups in total. The van der Waals surface area contributed by atoms with E-state index in [0.717, 1.165) is 30.5 Å². The number of nitrogens with two attached hydrogens (primary N) is 1. The molecule has 2 rings (SSSR count). The minimum atomic E-state index is 0.128. The molecule has 3 nitrogen and oxygen atoms in total. The maximum absolute atomic E-state index is 6.51. The fourth-order valence-corrected chi connectivity index (χ4v) is 3.68. The summed E-state index contributed by atoms with van der Waals surface area (Å²) in [4.78, 5) is 2.56. The first-order chi connectivity index (χ1) is 10.1. The zero-order chi connectivity index (χ0) is 15.4. The Balaban J connectivity index is 2.37. The van der Waals surface area contributed by atoms with E-state index >= 15 is 0 Å². The number of rotatable bonds is 5. The predicted octanol–water partition coefficient (Wildman–Crippen LogP) is 3.73. The van der Waals surface area contributed by atoms with Crippen molar-refractivity contribution in [2.75, 3.05) is 13.2 Å². The molecule has 0 radical (unpaired) electrons. The third-order valence-corrected chi connectivity index (χ3v) is 5.16. The van der Waals surface area contributed by atoms with Crippen molar-refractivity contribution in [1.29, 1.82) is 0 Å². The first-order valence-corrected chi connectivity index (χ1v) is 8.75. The van der Waals surface area contributed by atoms with Crippen molar-refractivity contribution in [3.05, 3.63) is 34.3 Å². The van der Waals surface area contributed by atoms with Crippen molar-refractivity contribution in [1.82, 2.24) is 4.90 Å². The summed E-state index contributed by atoms with van der Waals surface area (Å²) in [7, 11) is 0. The van der Waals surface area contributed by atoms with E-state index in [1.165, 1.54) is 5.56 Å². The van der Waals surface area contributed by atoms with E-state index in [1.54, 1.807) is 0 Å². The van der Waals surface area contributed by atoms with Crippen LogP contribution in [0.4, 0.5) is 0 Å². The monoisotopic (exact) mass is 354 g/mol. The van der Waals surface area contributed by atoms with E-state index in [9.17, 15) is 0 Å². The summed E-state index contributed by atoms with van der Waals surface area (Å²) in [6, 6.07) is 9.26. The SMILES string of the molecule is CCC(N)C(c1ccccc1Br)N1CC(C)OCC1CC. The molecule has 1 aliphatic heterocycles. The van der Waals surface area contributed by atoms with Crippen molar-refractivity contribution in [2.24, 2.45) is 5.73 Å². The van der Waals surface area contributed by atoms with Gasteiger partial charge in [0.15, 0.2) is 0 Å². The first-order valence-electron chi connectivity index (χ1n) is 7.95. The summed E-state index contributed by atoms with van der Waals surface area (Å²) in [5.74, 6) is 0. The van der Waals surface area contributed by atoms with E-state index in [1.807, 2.05) is 0 Å². The number of ether oxygens (including phenoxy) is 1. The Bertz CT molecular complexity index is 454. The van der Waals surface area contributed by atoms with Crippen molar-refractivity contribution in [3.63, 3.8) is 0 Å². The quantitative estimate of drug-likeness (QED) is 0.875. The van der Waals surface area contributed by atoms with Crippen LogP contribution in [-0.2, 0) is 4.74 Å². The molecule has 0 spiro atoms. The number of hydrogen-bond acceptors (Lipinski definition) is 3. The van der Waals surface area contributed by atoms with Crippen molar-refractivity contribution < 1.29 is 4.74 Å². The molecule has 1 saturated heterocycles. The second-order valence-electron chi connectivity index (χ2n) is 5.94. The first kappa shape index (κ1) is 16.9. The molecule has 4 atom stereocenters. The number of hydrogen-bond donors (Lipinski definition) is 1. The molecular weight excluding hydrogens is 328 g/mol. The lowest BCUT2D eigenvalue weighted by atomic mass is 9.93. The number of benzene rings is 1. The smallest absolute Gasteiger partial charge is 0.0675 e. The van der Waals surface area contributed by atoms with Crippen LogP contribution in [0.15, 0.2) is 28.7 Å². The molecule has 0 aliphatic carbocycles. The van der Waals surface area contributed by atoms with Gasteiger partial charge < -0.3 is 10.5 Å². The Morgan fingerprint density at radius 2 is 2.10 bits per heavy atom. The number of morpholine rings is 1. The molecule has 1 aromatic rings.